The van der Waals surface area contributed by atoms with E-state index in [1.54, 1.807) is 7.11 Å². The van der Waals surface area contributed by atoms with Crippen molar-refractivity contribution in [2.45, 2.75) is 17.7 Å². The first-order chi connectivity index (χ1) is 15.4. The van der Waals surface area contributed by atoms with Gasteiger partial charge < -0.3 is 4.74 Å². The van der Waals surface area contributed by atoms with Gasteiger partial charge in [-0.05, 0) is 41.8 Å². The van der Waals surface area contributed by atoms with E-state index < -0.39 is 14.9 Å². The average Bonchev–Trinajstić information content (AvgIpc) is 3.35. The third-order valence-electron chi connectivity index (χ3n) is 5.40. The number of hydrogen-bond acceptors (Lipinski definition) is 7. The minimum atomic E-state index is -3.76. The van der Waals surface area contributed by atoms with Crippen molar-refractivity contribution < 1.29 is 18.1 Å². The van der Waals surface area contributed by atoms with Gasteiger partial charge in [0, 0.05) is 24.7 Å². The van der Waals surface area contributed by atoms with E-state index in [1.165, 1.54) is 22.7 Å². The van der Waals surface area contributed by atoms with Crippen molar-refractivity contribution in [3.63, 3.8) is 0 Å². The quantitative estimate of drug-likeness (QED) is 0.328. The van der Waals surface area contributed by atoms with Crippen LogP contribution >= 0.6 is 0 Å². The second kappa shape index (κ2) is 8.93. The van der Waals surface area contributed by atoms with E-state index >= 15 is 0 Å². The Morgan fingerprint density at radius 3 is 2.59 bits per heavy atom. The molecule has 0 bridgehead atoms. The summed E-state index contributed by atoms with van der Waals surface area (Å²) < 4.78 is 32.3. The van der Waals surface area contributed by atoms with Crippen LogP contribution in [0.5, 0.6) is 5.75 Å². The minimum Gasteiger partial charge on any atom is -0.496 e. The fourth-order valence-electron chi connectivity index (χ4n) is 3.75. The van der Waals surface area contributed by atoms with Crippen LogP contribution in [0.25, 0.3) is 10.8 Å². The fraction of sp³-hybridized carbons (Fsp3) is 0.227. The van der Waals surface area contributed by atoms with Crippen molar-refractivity contribution in [2.24, 2.45) is 5.10 Å². The molecule has 0 unspecified atom stereocenters. The second-order valence-electron chi connectivity index (χ2n) is 7.32. The number of hydrazone groups is 1. The van der Waals surface area contributed by atoms with Crippen molar-refractivity contribution in [3.8, 4) is 5.75 Å². The molecule has 1 aliphatic rings. The van der Waals surface area contributed by atoms with E-state index in [2.05, 4.69) is 10.5 Å². The molecule has 0 aromatic heterocycles. The van der Waals surface area contributed by atoms with Crippen molar-refractivity contribution >= 4 is 38.4 Å². The molecule has 1 saturated heterocycles. The molecule has 3 aromatic rings. The summed E-state index contributed by atoms with van der Waals surface area (Å²) in [6, 6.07) is 15.3. The largest absolute Gasteiger partial charge is 0.496 e. The van der Waals surface area contributed by atoms with E-state index in [0.29, 0.717) is 24.4 Å². The highest BCUT2D eigenvalue weighted by Gasteiger charge is 2.29. The molecule has 1 aliphatic heterocycles. The predicted molar refractivity (Wildman–Crippen MR) is 123 cm³/mol. The summed E-state index contributed by atoms with van der Waals surface area (Å²) in [5.74, 6) is 0.607. The highest BCUT2D eigenvalue weighted by Crippen LogP contribution is 2.31. The SMILES string of the molecule is COc1ccc2ccccc2c1C=NNc1ccc(S(=O)(=O)N2CCCC2)cc1[N+](=O)[O-]. The van der Waals surface area contributed by atoms with Crippen LogP contribution in [0, 0.1) is 10.1 Å². The monoisotopic (exact) mass is 454 g/mol. The molecule has 0 saturated carbocycles. The lowest BCUT2D eigenvalue weighted by atomic mass is 10.0. The standard InChI is InChI=1S/C22H22N4O5S/c1-31-22-11-8-16-6-2-3-7-18(16)19(22)15-23-24-20-10-9-17(14-21(20)26(27)28)32(29,30)25-12-4-5-13-25/h2-3,6-11,14-15,24H,4-5,12-13H2,1H3. The van der Waals surface area contributed by atoms with Crippen LogP contribution in [0.3, 0.4) is 0 Å². The summed E-state index contributed by atoms with van der Waals surface area (Å²) >= 11 is 0. The molecule has 3 aromatic carbocycles. The van der Waals surface area contributed by atoms with Gasteiger partial charge in [-0.3, -0.25) is 15.5 Å². The predicted octanol–water partition coefficient (Wildman–Crippen LogP) is 3.99. The molecule has 0 aliphatic carbocycles. The van der Waals surface area contributed by atoms with Crippen LogP contribution in [-0.4, -0.2) is 44.1 Å². The Hall–Kier alpha value is -3.50. The molecule has 1 N–H and O–H groups in total. The third kappa shape index (κ3) is 4.14. The van der Waals surface area contributed by atoms with Gasteiger partial charge in [-0.2, -0.15) is 9.41 Å². The molecule has 1 fully saturated rings. The molecule has 0 radical (unpaired) electrons. The Balaban J connectivity index is 1.65. The van der Waals surface area contributed by atoms with Gasteiger partial charge in [0.2, 0.25) is 10.0 Å². The highest BCUT2D eigenvalue weighted by molar-refractivity contribution is 7.89. The maximum absolute atomic E-state index is 12.8. The topological polar surface area (TPSA) is 114 Å². The van der Waals surface area contributed by atoms with E-state index in [4.69, 9.17) is 4.74 Å². The molecule has 1 heterocycles. The van der Waals surface area contributed by atoms with Gasteiger partial charge in [0.05, 0.1) is 23.1 Å². The smallest absolute Gasteiger partial charge is 0.295 e. The molecule has 9 nitrogen and oxygen atoms in total. The minimum absolute atomic E-state index is 0.0887. The van der Waals surface area contributed by atoms with E-state index in [0.717, 1.165) is 29.7 Å². The number of nitrogens with zero attached hydrogens (tertiary/aromatic N) is 3. The number of rotatable bonds is 7. The summed E-state index contributed by atoms with van der Waals surface area (Å²) in [6.07, 6.45) is 3.10. The number of anilines is 1. The lowest BCUT2D eigenvalue weighted by molar-refractivity contribution is -0.384. The number of ether oxygens (including phenoxy) is 1. The first kappa shape index (κ1) is 21.7. The number of nitro benzene ring substituents is 1. The highest BCUT2D eigenvalue weighted by atomic mass is 32.2. The van der Waals surface area contributed by atoms with Gasteiger partial charge in [0.25, 0.3) is 5.69 Å². The van der Waals surface area contributed by atoms with E-state index in [1.807, 2.05) is 36.4 Å². The normalized spacial score (nSPS) is 14.8. The molecule has 32 heavy (non-hydrogen) atoms. The maximum atomic E-state index is 12.8. The number of nitro groups is 1. The lowest BCUT2D eigenvalue weighted by Crippen LogP contribution is -2.27. The number of nitrogens with one attached hydrogen (secondary N) is 1. The van der Waals surface area contributed by atoms with Crippen LogP contribution in [0.4, 0.5) is 11.4 Å². The maximum Gasteiger partial charge on any atom is 0.295 e. The first-order valence-corrected chi connectivity index (χ1v) is 11.5. The Labute approximate surface area is 185 Å². The number of benzene rings is 3. The van der Waals surface area contributed by atoms with Gasteiger partial charge in [-0.1, -0.05) is 30.3 Å². The Bertz CT molecular complexity index is 1300. The Morgan fingerprint density at radius 1 is 1.12 bits per heavy atom. The zero-order chi connectivity index (χ0) is 22.7. The fourth-order valence-corrected chi connectivity index (χ4v) is 5.29. The summed E-state index contributed by atoms with van der Waals surface area (Å²) in [5.41, 5.74) is 3.11. The van der Waals surface area contributed by atoms with Gasteiger partial charge in [-0.15, -0.1) is 0 Å². The van der Waals surface area contributed by atoms with Gasteiger partial charge in [0.1, 0.15) is 11.4 Å². The zero-order valence-corrected chi connectivity index (χ0v) is 18.2. The Kier molecular flexibility index (Phi) is 6.06. The average molecular weight is 455 g/mol. The van der Waals surface area contributed by atoms with Crippen LogP contribution in [0.1, 0.15) is 18.4 Å². The number of fused-ring (bicyclic) bond motifs is 1. The molecule has 10 heteroatoms. The van der Waals surface area contributed by atoms with Crippen LogP contribution in [0.2, 0.25) is 0 Å². The van der Waals surface area contributed by atoms with Crippen molar-refractivity contribution in [3.05, 3.63) is 70.3 Å². The van der Waals surface area contributed by atoms with Crippen molar-refractivity contribution in [1.82, 2.24) is 4.31 Å². The summed E-state index contributed by atoms with van der Waals surface area (Å²) in [4.78, 5) is 10.9. The number of methoxy groups -OCH3 is 1. The van der Waals surface area contributed by atoms with Gasteiger partial charge in [0.15, 0.2) is 0 Å². The van der Waals surface area contributed by atoms with E-state index in [-0.39, 0.29) is 16.3 Å². The first-order valence-electron chi connectivity index (χ1n) is 10.1. The van der Waals surface area contributed by atoms with Crippen LogP contribution < -0.4 is 10.2 Å². The number of hydrogen-bond donors (Lipinski definition) is 1. The molecular weight excluding hydrogens is 432 g/mol. The third-order valence-corrected chi connectivity index (χ3v) is 7.29. The summed E-state index contributed by atoms with van der Waals surface area (Å²) in [7, 11) is -2.21. The number of sulfonamides is 1. The van der Waals surface area contributed by atoms with Crippen molar-refractivity contribution in [2.75, 3.05) is 25.6 Å². The molecule has 4 rings (SSSR count). The van der Waals surface area contributed by atoms with Gasteiger partial charge in [-0.25, -0.2) is 8.42 Å². The molecule has 166 valence electrons. The second-order valence-corrected chi connectivity index (χ2v) is 9.26. The van der Waals surface area contributed by atoms with E-state index in [9.17, 15) is 18.5 Å². The molecule has 0 atom stereocenters. The lowest BCUT2D eigenvalue weighted by Gasteiger charge is -2.15. The molecular formula is C22H22N4O5S. The molecule has 0 amide bonds. The molecule has 0 spiro atoms. The van der Waals surface area contributed by atoms with Crippen LogP contribution in [0.15, 0.2) is 64.6 Å². The summed E-state index contributed by atoms with van der Waals surface area (Å²) in [5, 5.41) is 17.7. The Morgan fingerprint density at radius 2 is 1.88 bits per heavy atom. The summed E-state index contributed by atoms with van der Waals surface area (Å²) in [6.45, 7) is 0.848. The van der Waals surface area contributed by atoms with Gasteiger partial charge >= 0.3 is 0 Å². The van der Waals surface area contributed by atoms with Crippen molar-refractivity contribution in [1.29, 1.82) is 0 Å². The van der Waals surface area contributed by atoms with Crippen LogP contribution in [-0.2, 0) is 10.0 Å². The zero-order valence-electron chi connectivity index (χ0n) is 17.4.